The quantitative estimate of drug-likeness (QED) is 0.171. The number of pyridine rings is 1. The molecule has 4 atom stereocenters. The van der Waals surface area contributed by atoms with Gasteiger partial charge in [-0.25, -0.2) is 0 Å². The standard InChI is InChI=1S/C48H36N2S2/c1-2-14-32(15-3-1)50-41-23-7-4-16-35(41)46-33(17-13-24-42(46)50)34-18-12-21-39-47(34)52-45-30-31(40-22-10-11-29-49-40)27-28-38(45)48(39)36-19-5-8-25-43(36)51-44-26-9-6-20-37(44)48/h1-5,7-8,10-25,27-30,38,44-45H,6,9,26H2. The van der Waals surface area contributed by atoms with E-state index in [1.807, 2.05) is 12.3 Å². The lowest BCUT2D eigenvalue weighted by molar-refractivity contribution is 0.402. The van der Waals surface area contributed by atoms with Crippen molar-refractivity contribution in [2.75, 3.05) is 0 Å². The number of para-hydroxylation sites is 2. The first kappa shape index (κ1) is 30.6. The number of hydrogen-bond donors (Lipinski definition) is 0. The van der Waals surface area contributed by atoms with E-state index < -0.39 is 0 Å². The second-order valence-corrected chi connectivity index (χ2v) is 16.8. The topological polar surface area (TPSA) is 17.8 Å². The Morgan fingerprint density at radius 1 is 0.692 bits per heavy atom. The summed E-state index contributed by atoms with van der Waals surface area (Å²) in [4.78, 5) is 7.65. The average molecular weight is 705 g/mol. The highest BCUT2D eigenvalue weighted by molar-refractivity contribution is 8.00. The van der Waals surface area contributed by atoms with Crippen LogP contribution in [0, 0.1) is 5.92 Å². The largest absolute Gasteiger partial charge is 0.309 e. The van der Waals surface area contributed by atoms with Gasteiger partial charge in [0.05, 0.1) is 22.1 Å². The molecular weight excluding hydrogens is 669 g/mol. The molecule has 0 amide bonds. The number of thioether (sulfide) groups is 2. The lowest BCUT2D eigenvalue weighted by Crippen LogP contribution is -2.50. The molecule has 2 nitrogen and oxygen atoms in total. The molecule has 4 aliphatic rings. The summed E-state index contributed by atoms with van der Waals surface area (Å²) in [7, 11) is 0. The number of fused-ring (bicyclic) bond motifs is 11. The number of aromatic nitrogens is 2. The Bertz CT molecular complexity index is 2630. The smallest absolute Gasteiger partial charge is 0.0699 e. The third-order valence-corrected chi connectivity index (χ3v) is 14.5. The van der Waals surface area contributed by atoms with Gasteiger partial charge < -0.3 is 4.57 Å². The van der Waals surface area contributed by atoms with Crippen molar-refractivity contribution in [2.45, 2.75) is 45.0 Å². The zero-order valence-electron chi connectivity index (χ0n) is 28.7. The van der Waals surface area contributed by atoms with Gasteiger partial charge in [0.25, 0.3) is 0 Å². The highest BCUT2D eigenvalue weighted by atomic mass is 32.2. The maximum atomic E-state index is 4.80. The Morgan fingerprint density at radius 3 is 2.40 bits per heavy atom. The van der Waals surface area contributed by atoms with E-state index >= 15 is 0 Å². The summed E-state index contributed by atoms with van der Waals surface area (Å²) in [6.45, 7) is 0. The summed E-state index contributed by atoms with van der Waals surface area (Å²) >= 11 is 4.16. The Kier molecular flexibility index (Phi) is 7.07. The van der Waals surface area contributed by atoms with E-state index in [2.05, 4.69) is 180 Å². The van der Waals surface area contributed by atoms with Gasteiger partial charge in [-0.1, -0.05) is 115 Å². The normalized spacial score (nSPS) is 23.0. The fourth-order valence-corrected chi connectivity index (χ4v) is 12.8. The molecule has 7 aromatic rings. The summed E-state index contributed by atoms with van der Waals surface area (Å²) in [6, 6.07) is 49.5. The van der Waals surface area contributed by atoms with E-state index in [1.165, 1.54) is 78.0 Å². The SMILES string of the molecule is C1=CC2C(C=C1c1ccccn1)Sc1c(-c3cccc4c3c3ccccc3n4-c3ccccc3)cccc1C21C2=CCCCC2Sc2ccccc21. The first-order chi connectivity index (χ1) is 25.8. The number of rotatable bonds is 3. The molecule has 4 heteroatoms. The van der Waals surface area contributed by atoms with E-state index in [4.69, 9.17) is 4.98 Å². The molecule has 1 spiro atoms. The summed E-state index contributed by atoms with van der Waals surface area (Å²) in [6.07, 6.45) is 15.6. The van der Waals surface area contributed by atoms with E-state index in [-0.39, 0.29) is 16.6 Å². The first-order valence-electron chi connectivity index (χ1n) is 18.5. The number of allylic oxidation sites excluding steroid dienone is 4. The monoisotopic (exact) mass is 704 g/mol. The Balaban J connectivity index is 1.22. The second kappa shape index (κ2) is 12.0. The third-order valence-electron chi connectivity index (χ3n) is 11.8. The third kappa shape index (κ3) is 4.38. The van der Waals surface area contributed by atoms with Crippen LogP contribution in [0.2, 0.25) is 0 Å². The zero-order valence-corrected chi connectivity index (χ0v) is 30.3. The Labute approximate surface area is 313 Å². The predicted molar refractivity (Wildman–Crippen MR) is 220 cm³/mol. The molecule has 52 heavy (non-hydrogen) atoms. The minimum absolute atomic E-state index is 0.236. The van der Waals surface area contributed by atoms with Gasteiger partial charge >= 0.3 is 0 Å². The van der Waals surface area contributed by atoms with Gasteiger partial charge in [-0.15, -0.1) is 23.5 Å². The molecule has 4 unspecified atom stereocenters. The van der Waals surface area contributed by atoms with Gasteiger partial charge in [-0.05, 0) is 95.1 Å². The van der Waals surface area contributed by atoms with Gasteiger partial charge in [0.1, 0.15) is 0 Å². The van der Waals surface area contributed by atoms with Crippen molar-refractivity contribution >= 4 is 50.9 Å². The number of hydrogen-bond acceptors (Lipinski definition) is 3. The van der Waals surface area contributed by atoms with Crippen molar-refractivity contribution in [3.05, 3.63) is 186 Å². The maximum Gasteiger partial charge on any atom is 0.0699 e. The molecule has 11 rings (SSSR count). The van der Waals surface area contributed by atoms with Crippen LogP contribution in [0.1, 0.15) is 36.1 Å². The molecule has 0 N–H and O–H groups in total. The van der Waals surface area contributed by atoms with E-state index in [0.717, 1.165) is 12.1 Å². The zero-order chi connectivity index (χ0) is 34.2. The lowest BCUT2D eigenvalue weighted by Gasteiger charge is -2.55. The van der Waals surface area contributed by atoms with E-state index in [0.29, 0.717) is 5.25 Å². The molecule has 2 aliphatic carbocycles. The van der Waals surface area contributed by atoms with Crippen LogP contribution in [-0.2, 0) is 5.41 Å². The predicted octanol–water partition coefficient (Wildman–Crippen LogP) is 12.5. The molecular formula is C48H36N2S2. The highest BCUT2D eigenvalue weighted by Crippen LogP contribution is 2.66. The number of nitrogens with zero attached hydrogens (tertiary/aromatic N) is 2. The van der Waals surface area contributed by atoms with Crippen molar-refractivity contribution in [1.82, 2.24) is 9.55 Å². The van der Waals surface area contributed by atoms with Crippen LogP contribution < -0.4 is 0 Å². The van der Waals surface area contributed by atoms with Crippen LogP contribution >= 0.6 is 23.5 Å². The van der Waals surface area contributed by atoms with Gasteiger partial charge in [0.2, 0.25) is 0 Å². The van der Waals surface area contributed by atoms with Crippen molar-refractivity contribution in [3.8, 4) is 16.8 Å². The van der Waals surface area contributed by atoms with Gasteiger partial charge in [0, 0.05) is 48.9 Å². The minimum atomic E-state index is -0.261. The van der Waals surface area contributed by atoms with Gasteiger partial charge in [0.15, 0.2) is 0 Å². The average Bonchev–Trinajstić information content (AvgIpc) is 3.56. The molecule has 2 aromatic heterocycles. The molecule has 0 saturated heterocycles. The second-order valence-electron chi connectivity index (χ2n) is 14.4. The fraction of sp³-hybridized carbons (Fsp3) is 0.146. The molecule has 5 aromatic carbocycles. The van der Waals surface area contributed by atoms with Crippen molar-refractivity contribution in [3.63, 3.8) is 0 Å². The van der Waals surface area contributed by atoms with Crippen molar-refractivity contribution in [1.29, 1.82) is 0 Å². The van der Waals surface area contributed by atoms with Crippen LogP contribution in [0.4, 0.5) is 0 Å². The summed E-state index contributed by atoms with van der Waals surface area (Å²) in [5, 5.41) is 3.32. The highest BCUT2D eigenvalue weighted by Gasteiger charge is 2.56. The van der Waals surface area contributed by atoms with Crippen LogP contribution in [0.3, 0.4) is 0 Å². The summed E-state index contributed by atoms with van der Waals surface area (Å²) in [5.41, 5.74) is 12.8. The molecule has 0 saturated carbocycles. The van der Waals surface area contributed by atoms with Crippen LogP contribution in [-0.4, -0.2) is 20.1 Å². The maximum absolute atomic E-state index is 4.80. The molecule has 4 heterocycles. The number of benzene rings is 5. The van der Waals surface area contributed by atoms with Crippen LogP contribution in [0.15, 0.2) is 179 Å². The Morgan fingerprint density at radius 2 is 1.48 bits per heavy atom. The minimum Gasteiger partial charge on any atom is -0.309 e. The van der Waals surface area contributed by atoms with Crippen LogP contribution in [0.25, 0.3) is 44.2 Å². The molecule has 0 bridgehead atoms. The van der Waals surface area contributed by atoms with Gasteiger partial charge in [-0.2, -0.15) is 0 Å². The Hall–Kier alpha value is -5.03. The van der Waals surface area contributed by atoms with E-state index in [9.17, 15) is 0 Å². The van der Waals surface area contributed by atoms with Crippen molar-refractivity contribution in [2.24, 2.45) is 5.92 Å². The first-order valence-corrected chi connectivity index (χ1v) is 20.2. The van der Waals surface area contributed by atoms with Gasteiger partial charge in [-0.3, -0.25) is 4.98 Å². The molecule has 250 valence electrons. The van der Waals surface area contributed by atoms with Crippen molar-refractivity contribution < 1.29 is 0 Å². The summed E-state index contributed by atoms with van der Waals surface area (Å²) in [5.74, 6) is 0.275. The lowest BCUT2D eigenvalue weighted by atomic mass is 9.57. The van der Waals surface area contributed by atoms with Crippen LogP contribution in [0.5, 0.6) is 0 Å². The van der Waals surface area contributed by atoms with E-state index in [1.54, 1.807) is 5.57 Å². The fourth-order valence-electron chi connectivity index (χ4n) is 9.72. The molecule has 0 radical (unpaired) electrons. The molecule has 2 aliphatic heterocycles. The summed E-state index contributed by atoms with van der Waals surface area (Å²) < 4.78 is 2.44. The molecule has 0 fully saturated rings.